The Bertz CT molecular complexity index is 358. The Morgan fingerprint density at radius 1 is 1.50 bits per heavy atom. The van der Waals surface area contributed by atoms with Gasteiger partial charge in [-0.2, -0.15) is 0 Å². The highest BCUT2D eigenvalue weighted by Gasteiger charge is 2.62. The second-order valence-corrected chi connectivity index (χ2v) is 6.21. The zero-order chi connectivity index (χ0) is 14.4. The van der Waals surface area contributed by atoms with Crippen molar-refractivity contribution in [3.8, 4) is 0 Å². The van der Waals surface area contributed by atoms with Gasteiger partial charge in [0.1, 0.15) is 11.3 Å². The van der Waals surface area contributed by atoms with Gasteiger partial charge in [-0.25, -0.2) is 4.79 Å². The van der Waals surface area contributed by atoms with Crippen LogP contribution in [0.15, 0.2) is 12.7 Å². The summed E-state index contributed by atoms with van der Waals surface area (Å²) in [6.07, 6.45) is -0.727. The van der Waals surface area contributed by atoms with Crippen molar-refractivity contribution in [3.05, 3.63) is 12.7 Å². The van der Waals surface area contributed by atoms with Crippen LogP contribution in [0, 0.1) is 5.41 Å². The molecule has 0 saturated carbocycles. The number of ether oxygens (including phenoxy) is 1. The van der Waals surface area contributed by atoms with E-state index in [1.54, 1.807) is 13.8 Å². The minimum atomic E-state index is -1.10. The van der Waals surface area contributed by atoms with Gasteiger partial charge >= 0.3 is 6.09 Å². The zero-order valence-corrected chi connectivity index (χ0v) is 11.7. The highest BCUT2D eigenvalue weighted by Crippen LogP contribution is 2.48. The van der Waals surface area contributed by atoms with E-state index >= 15 is 0 Å². The number of aliphatic hydroxyl groups excluding tert-OH is 1. The van der Waals surface area contributed by atoms with Crippen LogP contribution in [0.1, 0.15) is 34.6 Å². The fraction of sp³-hybridized carbons (Fsp3) is 0.769. The summed E-state index contributed by atoms with van der Waals surface area (Å²) in [4.78, 5) is 12.8. The third kappa shape index (κ3) is 1.91. The summed E-state index contributed by atoms with van der Waals surface area (Å²) in [5, 5.41) is 19.8. The molecule has 0 aromatic heterocycles. The fourth-order valence-electron chi connectivity index (χ4n) is 2.71. The number of carboxylic acid groups (broad SMARTS) is 1. The van der Waals surface area contributed by atoms with Crippen molar-refractivity contribution in [2.45, 2.75) is 52.0 Å². The summed E-state index contributed by atoms with van der Waals surface area (Å²) < 4.78 is 5.62. The van der Waals surface area contributed by atoms with E-state index < -0.39 is 28.9 Å². The van der Waals surface area contributed by atoms with Gasteiger partial charge in [0, 0.05) is 0 Å². The van der Waals surface area contributed by atoms with Crippen molar-refractivity contribution in [2.24, 2.45) is 5.41 Å². The number of nitrogens with zero attached hydrogens (tertiary/aromatic N) is 1. The number of carbonyl (C=O) groups is 1. The van der Waals surface area contributed by atoms with E-state index in [9.17, 15) is 15.0 Å². The molecule has 5 heteroatoms. The molecule has 0 aliphatic carbocycles. The van der Waals surface area contributed by atoms with Gasteiger partial charge in [0.25, 0.3) is 0 Å². The topological polar surface area (TPSA) is 70.0 Å². The van der Waals surface area contributed by atoms with Crippen molar-refractivity contribution < 1.29 is 19.7 Å². The summed E-state index contributed by atoms with van der Waals surface area (Å²) in [6.45, 7) is 12.8. The first kappa shape index (κ1) is 15.0. The van der Waals surface area contributed by atoms with E-state index in [0.717, 1.165) is 0 Å². The number of hydrogen-bond acceptors (Lipinski definition) is 3. The molecule has 0 radical (unpaired) electrons. The predicted molar refractivity (Wildman–Crippen MR) is 68.3 cm³/mol. The lowest BCUT2D eigenvalue weighted by molar-refractivity contribution is -0.0799. The Labute approximate surface area is 108 Å². The Morgan fingerprint density at radius 2 is 2.00 bits per heavy atom. The Hall–Kier alpha value is -1.07. The lowest BCUT2D eigenvalue weighted by atomic mass is 9.69. The van der Waals surface area contributed by atoms with Crippen molar-refractivity contribution in [1.29, 1.82) is 0 Å². The average Bonchev–Trinajstić information content (AvgIpc) is 2.49. The van der Waals surface area contributed by atoms with Crippen LogP contribution in [0.3, 0.4) is 0 Å². The number of hydrogen-bond donors (Lipinski definition) is 2. The molecule has 5 nitrogen and oxygen atoms in total. The average molecular weight is 257 g/mol. The molecular formula is C13H23NO4. The standard InChI is InChI=1S/C13H23NO4/c1-7-9(15)13(11(2,3)4)8-18-12(5,6)14(13)10(16)17/h7,9,15H,1,8H2,2-6H3,(H,16,17)/t9-,13?/m1/s1. The molecule has 2 N–H and O–H groups in total. The lowest BCUT2D eigenvalue weighted by Crippen LogP contribution is -2.66. The molecule has 1 amide bonds. The number of aliphatic hydroxyl groups is 1. The van der Waals surface area contributed by atoms with Crippen LogP contribution in [-0.4, -0.2) is 45.2 Å². The molecule has 0 aromatic rings. The van der Waals surface area contributed by atoms with E-state index in [1.807, 2.05) is 20.8 Å². The molecule has 0 spiro atoms. The van der Waals surface area contributed by atoms with Crippen LogP contribution in [0.4, 0.5) is 4.79 Å². The van der Waals surface area contributed by atoms with Crippen molar-refractivity contribution in [3.63, 3.8) is 0 Å². The van der Waals surface area contributed by atoms with E-state index in [1.165, 1.54) is 11.0 Å². The van der Waals surface area contributed by atoms with Gasteiger partial charge in [0.15, 0.2) is 0 Å². The van der Waals surface area contributed by atoms with Gasteiger partial charge in [-0.1, -0.05) is 26.8 Å². The molecule has 1 aliphatic rings. The molecule has 0 bridgehead atoms. The second-order valence-electron chi connectivity index (χ2n) is 6.21. The van der Waals surface area contributed by atoms with Gasteiger partial charge in [-0.05, 0) is 19.3 Å². The predicted octanol–water partition coefficient (Wildman–Crippen LogP) is 2.06. The van der Waals surface area contributed by atoms with Crippen LogP contribution < -0.4 is 0 Å². The normalized spacial score (nSPS) is 29.1. The number of rotatable bonds is 2. The molecule has 0 aromatic carbocycles. The van der Waals surface area contributed by atoms with E-state index in [0.29, 0.717) is 0 Å². The van der Waals surface area contributed by atoms with E-state index in [4.69, 9.17) is 4.74 Å². The molecule has 1 unspecified atom stereocenters. The van der Waals surface area contributed by atoms with Crippen molar-refractivity contribution in [2.75, 3.05) is 6.61 Å². The van der Waals surface area contributed by atoms with Crippen molar-refractivity contribution >= 4 is 6.09 Å². The Balaban J connectivity index is 3.44. The maximum atomic E-state index is 11.6. The van der Waals surface area contributed by atoms with Crippen molar-refractivity contribution in [1.82, 2.24) is 4.90 Å². The summed E-state index contributed by atoms with van der Waals surface area (Å²) in [7, 11) is 0. The summed E-state index contributed by atoms with van der Waals surface area (Å²) in [5.41, 5.74) is -2.50. The van der Waals surface area contributed by atoms with Crippen LogP contribution >= 0.6 is 0 Å². The Morgan fingerprint density at radius 3 is 2.33 bits per heavy atom. The molecule has 1 aliphatic heterocycles. The quantitative estimate of drug-likeness (QED) is 0.743. The first-order chi connectivity index (χ1) is 8.00. The third-order valence-electron chi connectivity index (χ3n) is 3.79. The van der Waals surface area contributed by atoms with Gasteiger partial charge < -0.3 is 14.9 Å². The maximum Gasteiger partial charge on any atom is 0.410 e. The molecule has 2 atom stereocenters. The Kier molecular flexibility index (Phi) is 3.53. The molecule has 1 rings (SSSR count). The lowest BCUT2D eigenvalue weighted by Gasteiger charge is -2.49. The zero-order valence-electron chi connectivity index (χ0n) is 11.7. The molecule has 1 saturated heterocycles. The van der Waals surface area contributed by atoms with Gasteiger partial charge in [-0.3, -0.25) is 4.90 Å². The molecule has 1 fully saturated rings. The van der Waals surface area contributed by atoms with Crippen LogP contribution in [0.5, 0.6) is 0 Å². The van der Waals surface area contributed by atoms with Crippen LogP contribution in [0.2, 0.25) is 0 Å². The molecule has 1 heterocycles. The molecule has 18 heavy (non-hydrogen) atoms. The highest BCUT2D eigenvalue weighted by atomic mass is 16.5. The SMILES string of the molecule is C=C[C@@H](O)C1(C(C)(C)C)COC(C)(C)N1C(=O)O. The first-order valence-electron chi connectivity index (χ1n) is 5.98. The van der Waals surface area contributed by atoms with Crippen LogP contribution in [-0.2, 0) is 4.74 Å². The van der Waals surface area contributed by atoms with E-state index in [2.05, 4.69) is 6.58 Å². The van der Waals surface area contributed by atoms with Gasteiger partial charge in [-0.15, -0.1) is 6.58 Å². The van der Waals surface area contributed by atoms with Gasteiger partial charge in [0.05, 0.1) is 12.7 Å². The molecular weight excluding hydrogens is 234 g/mol. The minimum Gasteiger partial charge on any atom is -0.465 e. The largest absolute Gasteiger partial charge is 0.465 e. The number of amides is 1. The maximum absolute atomic E-state index is 11.6. The first-order valence-corrected chi connectivity index (χ1v) is 5.98. The molecule has 104 valence electrons. The monoisotopic (exact) mass is 257 g/mol. The third-order valence-corrected chi connectivity index (χ3v) is 3.79. The van der Waals surface area contributed by atoms with Gasteiger partial charge in [0.2, 0.25) is 0 Å². The summed E-state index contributed by atoms with van der Waals surface area (Å²) in [6, 6.07) is 0. The van der Waals surface area contributed by atoms with E-state index in [-0.39, 0.29) is 6.61 Å². The fourth-order valence-corrected chi connectivity index (χ4v) is 2.71. The second kappa shape index (κ2) is 4.24. The summed E-state index contributed by atoms with van der Waals surface area (Å²) in [5.74, 6) is 0. The smallest absolute Gasteiger partial charge is 0.410 e. The summed E-state index contributed by atoms with van der Waals surface area (Å²) >= 11 is 0. The highest BCUT2D eigenvalue weighted by molar-refractivity contribution is 5.68. The van der Waals surface area contributed by atoms with Crippen LogP contribution in [0.25, 0.3) is 0 Å². The minimum absolute atomic E-state index is 0.142.